The van der Waals surface area contributed by atoms with Crippen molar-refractivity contribution in [3.63, 3.8) is 0 Å². The van der Waals surface area contributed by atoms with Gasteiger partial charge in [-0.2, -0.15) is 0 Å². The summed E-state index contributed by atoms with van der Waals surface area (Å²) < 4.78 is 1.65. The van der Waals surface area contributed by atoms with Crippen LogP contribution in [0.15, 0.2) is 60.3 Å². The topological polar surface area (TPSA) is 114 Å². The van der Waals surface area contributed by atoms with E-state index in [1.165, 1.54) is 6.08 Å². The highest BCUT2D eigenvalue weighted by atomic mass is 16.2. The molecule has 30 heavy (non-hydrogen) atoms. The van der Waals surface area contributed by atoms with E-state index in [4.69, 9.17) is 5.73 Å². The fraction of sp³-hybridized carbons (Fsp3) is 0.0909. The number of hydrogen-bond acceptors (Lipinski definition) is 4. The van der Waals surface area contributed by atoms with Crippen LogP contribution in [0.4, 0.5) is 10.5 Å². The molecule has 1 saturated heterocycles. The van der Waals surface area contributed by atoms with Gasteiger partial charge in [0.2, 0.25) is 5.91 Å². The number of nitrogens with two attached hydrogens (primary N) is 1. The van der Waals surface area contributed by atoms with E-state index in [0.29, 0.717) is 16.8 Å². The van der Waals surface area contributed by atoms with Crippen molar-refractivity contribution in [1.29, 1.82) is 0 Å². The molecule has 2 heterocycles. The maximum Gasteiger partial charge on any atom is 0.335 e. The first-order chi connectivity index (χ1) is 14.4. The molecule has 1 aromatic heterocycles. The first-order valence-electron chi connectivity index (χ1n) is 9.20. The zero-order chi connectivity index (χ0) is 21.4. The summed E-state index contributed by atoms with van der Waals surface area (Å²) in [5, 5.41) is 2.96. The van der Waals surface area contributed by atoms with Gasteiger partial charge in [0.15, 0.2) is 0 Å². The van der Waals surface area contributed by atoms with E-state index in [1.807, 2.05) is 24.3 Å². The van der Waals surface area contributed by atoms with Gasteiger partial charge in [0.1, 0.15) is 12.1 Å². The zero-order valence-electron chi connectivity index (χ0n) is 16.1. The van der Waals surface area contributed by atoms with Crippen LogP contribution in [-0.4, -0.2) is 28.3 Å². The quantitative estimate of drug-likeness (QED) is 0.514. The minimum Gasteiger partial charge on any atom is -0.368 e. The number of anilines is 1. The third kappa shape index (κ3) is 3.24. The van der Waals surface area contributed by atoms with Crippen molar-refractivity contribution < 1.29 is 19.2 Å². The number of fused-ring (bicyclic) bond motifs is 1. The van der Waals surface area contributed by atoms with Gasteiger partial charge in [0.05, 0.1) is 5.69 Å². The van der Waals surface area contributed by atoms with Gasteiger partial charge in [-0.15, -0.1) is 0 Å². The highest BCUT2D eigenvalue weighted by molar-refractivity contribution is 6.39. The predicted octanol–water partition coefficient (Wildman–Crippen LogP) is 2.10. The van der Waals surface area contributed by atoms with Crippen molar-refractivity contribution in [2.45, 2.75) is 13.5 Å². The second kappa shape index (κ2) is 7.32. The highest BCUT2D eigenvalue weighted by Crippen LogP contribution is 2.27. The lowest BCUT2D eigenvalue weighted by molar-refractivity contribution is -0.122. The lowest BCUT2D eigenvalue weighted by atomic mass is 10.1. The number of nitrogens with zero attached hydrogens (tertiary/aromatic N) is 2. The summed E-state index contributed by atoms with van der Waals surface area (Å²) in [5.74, 6) is -2.01. The Bertz CT molecular complexity index is 1260. The third-order valence-corrected chi connectivity index (χ3v) is 4.90. The number of aromatic nitrogens is 1. The van der Waals surface area contributed by atoms with Gasteiger partial charge in [-0.3, -0.25) is 19.7 Å². The number of urea groups is 1. The average Bonchev–Trinajstić information content (AvgIpc) is 3.03. The average molecular weight is 402 g/mol. The molecule has 3 N–H and O–H groups in total. The number of benzene rings is 2. The molecule has 8 heteroatoms. The number of carbonyl (C=O) groups excluding carboxylic acids is 4. The van der Waals surface area contributed by atoms with E-state index in [9.17, 15) is 19.2 Å². The van der Waals surface area contributed by atoms with E-state index >= 15 is 0 Å². The molecular formula is C22H18N4O4. The maximum atomic E-state index is 13.1. The van der Waals surface area contributed by atoms with Gasteiger partial charge in [-0.25, -0.2) is 9.69 Å². The Morgan fingerprint density at radius 2 is 1.77 bits per heavy atom. The molecule has 4 rings (SSSR count). The number of amides is 5. The fourth-order valence-corrected chi connectivity index (χ4v) is 3.53. The lowest BCUT2D eigenvalue weighted by Gasteiger charge is -2.27. The van der Waals surface area contributed by atoms with Crippen molar-refractivity contribution in [2.75, 3.05) is 4.90 Å². The number of imide groups is 2. The Hall–Kier alpha value is -4.20. The molecule has 0 unspecified atom stereocenters. The number of nitrogens with one attached hydrogen (secondary N) is 1. The molecule has 5 amide bonds. The first-order valence-corrected chi connectivity index (χ1v) is 9.20. The normalized spacial score (nSPS) is 15.7. The molecule has 0 saturated carbocycles. The van der Waals surface area contributed by atoms with Crippen LogP contribution < -0.4 is 16.0 Å². The van der Waals surface area contributed by atoms with Crippen molar-refractivity contribution >= 4 is 46.4 Å². The largest absolute Gasteiger partial charge is 0.368 e. The van der Waals surface area contributed by atoms with Crippen LogP contribution in [0.2, 0.25) is 0 Å². The van der Waals surface area contributed by atoms with Gasteiger partial charge >= 0.3 is 6.03 Å². The van der Waals surface area contributed by atoms with Gasteiger partial charge < -0.3 is 10.3 Å². The van der Waals surface area contributed by atoms with E-state index in [0.717, 1.165) is 15.8 Å². The number of hydrogen-bond donors (Lipinski definition) is 2. The van der Waals surface area contributed by atoms with Crippen LogP contribution in [0, 0.1) is 6.92 Å². The first kappa shape index (κ1) is 19.1. The fourth-order valence-electron chi connectivity index (χ4n) is 3.53. The number of rotatable bonds is 4. The van der Waals surface area contributed by atoms with Crippen LogP contribution in [0.25, 0.3) is 17.0 Å². The van der Waals surface area contributed by atoms with Crippen molar-refractivity contribution in [2.24, 2.45) is 5.73 Å². The summed E-state index contributed by atoms with van der Waals surface area (Å²) >= 11 is 0. The summed E-state index contributed by atoms with van der Waals surface area (Å²) in [4.78, 5) is 50.3. The molecule has 3 aromatic rings. The summed E-state index contributed by atoms with van der Waals surface area (Å²) in [6, 6.07) is 13.4. The Morgan fingerprint density at radius 1 is 1.07 bits per heavy atom. The molecule has 0 radical (unpaired) electrons. The lowest BCUT2D eigenvalue weighted by Crippen LogP contribution is -2.54. The number of barbiturate groups is 1. The number of para-hydroxylation sites is 2. The molecule has 0 spiro atoms. The molecule has 2 aromatic carbocycles. The van der Waals surface area contributed by atoms with E-state index in [-0.39, 0.29) is 12.1 Å². The van der Waals surface area contributed by atoms with E-state index < -0.39 is 23.8 Å². The monoisotopic (exact) mass is 402 g/mol. The van der Waals surface area contributed by atoms with Crippen LogP contribution >= 0.6 is 0 Å². The smallest absolute Gasteiger partial charge is 0.335 e. The molecule has 0 aliphatic carbocycles. The minimum atomic E-state index is -0.799. The van der Waals surface area contributed by atoms with Crippen molar-refractivity contribution in [1.82, 2.24) is 9.88 Å². The molecule has 8 nitrogen and oxygen atoms in total. The molecule has 1 fully saturated rings. The third-order valence-electron chi connectivity index (χ3n) is 4.90. The van der Waals surface area contributed by atoms with Gasteiger partial charge in [-0.1, -0.05) is 36.4 Å². The molecule has 1 aliphatic heterocycles. The molecular weight excluding hydrogens is 384 g/mol. The van der Waals surface area contributed by atoms with E-state index in [2.05, 4.69) is 5.32 Å². The summed E-state index contributed by atoms with van der Waals surface area (Å²) in [7, 11) is 0. The number of primary amides is 1. The van der Waals surface area contributed by atoms with Crippen LogP contribution in [0.3, 0.4) is 0 Å². The second-order valence-corrected chi connectivity index (χ2v) is 6.94. The SMILES string of the molecule is Cc1ccccc1N1C(=O)NC(=O)/C(=C\c2cn(CC(N)=O)c3ccccc23)C1=O. The van der Waals surface area contributed by atoms with Crippen LogP contribution in [0.5, 0.6) is 0 Å². The standard InChI is InChI=1S/C22H18N4O4/c1-13-6-2-4-8-17(13)26-21(29)16(20(28)24-22(26)30)10-14-11-25(12-19(23)27)18-9-5-3-7-15(14)18/h2-11H,12H2,1H3,(H2,23,27)(H,24,28,30)/b16-10+. The maximum absolute atomic E-state index is 13.1. The zero-order valence-corrected chi connectivity index (χ0v) is 16.1. The Morgan fingerprint density at radius 3 is 2.50 bits per heavy atom. The van der Waals surface area contributed by atoms with Crippen molar-refractivity contribution in [3.05, 3.63) is 71.4 Å². The van der Waals surface area contributed by atoms with Gasteiger partial charge in [-0.05, 0) is 30.7 Å². The highest BCUT2D eigenvalue weighted by Gasteiger charge is 2.37. The molecule has 0 bridgehead atoms. The second-order valence-electron chi connectivity index (χ2n) is 6.94. The molecule has 0 atom stereocenters. The van der Waals surface area contributed by atoms with Gasteiger partial charge in [0.25, 0.3) is 11.8 Å². The van der Waals surface area contributed by atoms with Crippen molar-refractivity contribution in [3.8, 4) is 0 Å². The molecule has 1 aliphatic rings. The summed E-state index contributed by atoms with van der Waals surface area (Å²) in [6.07, 6.45) is 3.08. The predicted molar refractivity (Wildman–Crippen MR) is 111 cm³/mol. The van der Waals surface area contributed by atoms with Crippen LogP contribution in [0.1, 0.15) is 11.1 Å². The summed E-state index contributed by atoms with van der Waals surface area (Å²) in [6.45, 7) is 1.73. The number of carbonyl (C=O) groups is 4. The number of aryl methyl sites for hydroxylation is 1. The molecule has 150 valence electrons. The Balaban J connectivity index is 1.82. The van der Waals surface area contributed by atoms with Crippen LogP contribution in [-0.2, 0) is 20.9 Å². The van der Waals surface area contributed by atoms with Gasteiger partial charge in [0, 0.05) is 22.7 Å². The Kier molecular flexibility index (Phi) is 4.67. The summed E-state index contributed by atoms with van der Waals surface area (Å²) in [5.41, 5.74) is 7.55. The minimum absolute atomic E-state index is 0.0440. The van der Waals surface area contributed by atoms with E-state index in [1.54, 1.807) is 42.0 Å². The Labute approximate surface area is 171 Å².